The van der Waals surface area contributed by atoms with E-state index in [0.717, 1.165) is 126 Å². The highest BCUT2D eigenvalue weighted by Crippen LogP contribution is 2.51. The molecule has 11 aromatic rings. The second kappa shape index (κ2) is 39.1. The standard InChI is InChI=1S/C78H92N2O8S9/c1-7-11-32-81-40-44-85-36-28-56-49-54(6)89-75(56)66-24-20-62(90-66)63-22-26-68(92-63)77-58(30-38-87-46-42-83-34-13-9-3)51-71(95-77)60-18-19-61(74-73(60)79-97-80-74)72-52-59(31-39-88-47-43-84-35-14-10-4)78(96-72)69-27-23-65(93-69)64-21-25-67(91-64)76-57(29-37-86-45-41-82-33-12-8-2)50-70(94-76)55-17-15-16-53(5)48-55/h15-27,48-52H,7-14,28-47H2,1-6H3. The Balaban J connectivity index is 0.845. The van der Waals surface area contributed by atoms with Crippen molar-refractivity contribution in [3.8, 4) is 89.8 Å². The van der Waals surface area contributed by atoms with Crippen LogP contribution in [-0.4, -0.2) is 114 Å². The number of rotatable bonds is 45. The van der Waals surface area contributed by atoms with E-state index in [1.807, 2.05) is 90.7 Å². The first-order valence-electron chi connectivity index (χ1n) is 34.6. The van der Waals surface area contributed by atoms with Gasteiger partial charge in [-0.25, -0.2) is 0 Å². The molecular weight excluding hydrogens is 1380 g/mol. The molecule has 2 aromatic carbocycles. The highest BCUT2D eigenvalue weighted by Gasteiger charge is 2.24. The molecule has 11 rings (SSSR count). The van der Waals surface area contributed by atoms with Gasteiger partial charge in [-0.1, -0.05) is 95.3 Å². The molecule has 0 N–H and O–H groups in total. The lowest BCUT2D eigenvalue weighted by Crippen LogP contribution is -2.07. The summed E-state index contributed by atoms with van der Waals surface area (Å²) in [6.45, 7) is 23.7. The summed E-state index contributed by atoms with van der Waals surface area (Å²) in [6, 6.07) is 41.4. The van der Waals surface area contributed by atoms with Crippen LogP contribution < -0.4 is 0 Å². The smallest absolute Gasteiger partial charge is 0.114 e. The fraction of sp³-hybridized carbons (Fsp3) is 0.436. The first-order chi connectivity index (χ1) is 47.8. The SMILES string of the molecule is CCCCOCCOCCc1cc(C)sc1-c1ccc(-c2ccc(-c3sc(-c4ccc(-c5cc(CCOCCOCCCC)c(-c6ccc(-c7ccc(-c8sc(-c9cccc(C)c9)cc8CCOCCOCCCC)s7)s6)s5)c5nsnc45)cc3CCOCCOCCCC)s2)s1. The summed E-state index contributed by atoms with van der Waals surface area (Å²) >= 11 is 16.3. The van der Waals surface area contributed by atoms with Crippen LogP contribution in [0, 0.1) is 13.8 Å². The van der Waals surface area contributed by atoms with Crippen molar-refractivity contribution in [3.05, 3.63) is 142 Å². The number of benzene rings is 2. The maximum atomic E-state index is 6.27. The molecule has 9 aromatic heterocycles. The molecule has 97 heavy (non-hydrogen) atoms. The molecule has 0 saturated carbocycles. The minimum absolute atomic E-state index is 0.576. The Morgan fingerprint density at radius 3 is 0.969 bits per heavy atom. The predicted octanol–water partition coefficient (Wildman–Crippen LogP) is 23.3. The third kappa shape index (κ3) is 20.6. The lowest BCUT2D eigenvalue weighted by molar-refractivity contribution is 0.0479. The summed E-state index contributed by atoms with van der Waals surface area (Å²) in [5.41, 5.74) is 11.8. The number of aryl methyl sites for hydroxylation is 2. The number of hydrogen-bond donors (Lipinski definition) is 0. The molecule has 19 heteroatoms. The molecule has 0 amide bonds. The van der Waals surface area contributed by atoms with E-state index in [0.29, 0.717) is 79.3 Å². The zero-order valence-corrected chi connectivity index (χ0v) is 64.4. The Bertz CT molecular complexity index is 4130. The van der Waals surface area contributed by atoms with E-state index in [1.165, 1.54) is 123 Å². The average Bonchev–Trinajstić information content (AvgIpc) is 1.63. The van der Waals surface area contributed by atoms with Gasteiger partial charge in [0.1, 0.15) is 11.0 Å². The second-order valence-electron chi connectivity index (χ2n) is 24.1. The summed E-state index contributed by atoms with van der Waals surface area (Å²) in [5.74, 6) is 0. The molecule has 10 nitrogen and oxygen atoms in total. The average molecular weight is 1470 g/mol. The van der Waals surface area contributed by atoms with Gasteiger partial charge in [-0.3, -0.25) is 0 Å². The zero-order valence-electron chi connectivity index (χ0n) is 57.0. The minimum atomic E-state index is 0.576. The van der Waals surface area contributed by atoms with Crippen LogP contribution in [0.1, 0.15) is 112 Å². The van der Waals surface area contributed by atoms with Crippen LogP contribution in [0.15, 0.2) is 109 Å². The molecule has 0 saturated heterocycles. The van der Waals surface area contributed by atoms with Crippen LogP contribution in [0.25, 0.3) is 101 Å². The fourth-order valence-electron chi connectivity index (χ4n) is 11.3. The van der Waals surface area contributed by atoms with Crippen molar-refractivity contribution in [2.75, 3.05) is 106 Å². The fourth-order valence-corrected chi connectivity index (χ4v) is 21.4. The number of hydrogen-bond acceptors (Lipinski definition) is 19. The van der Waals surface area contributed by atoms with Gasteiger partial charge < -0.3 is 37.9 Å². The van der Waals surface area contributed by atoms with Crippen molar-refractivity contribution in [2.24, 2.45) is 0 Å². The van der Waals surface area contributed by atoms with Crippen LogP contribution in [0.3, 0.4) is 0 Å². The van der Waals surface area contributed by atoms with E-state index >= 15 is 0 Å². The van der Waals surface area contributed by atoms with Crippen LogP contribution in [0.4, 0.5) is 0 Å². The van der Waals surface area contributed by atoms with Gasteiger partial charge in [-0.2, -0.15) is 8.75 Å². The topological polar surface area (TPSA) is 99.6 Å². The Hall–Kier alpha value is -4.46. The Morgan fingerprint density at radius 1 is 0.289 bits per heavy atom. The molecule has 0 aliphatic rings. The van der Waals surface area contributed by atoms with E-state index in [-0.39, 0.29) is 0 Å². The van der Waals surface area contributed by atoms with Gasteiger partial charge in [-0.05, 0) is 166 Å². The predicted molar refractivity (Wildman–Crippen MR) is 420 cm³/mol. The summed E-state index contributed by atoms with van der Waals surface area (Å²) in [7, 11) is 0. The third-order valence-corrected chi connectivity index (χ3v) is 27.3. The van der Waals surface area contributed by atoms with Crippen LogP contribution in [-0.2, 0) is 63.6 Å². The Labute approximate surface area is 610 Å². The summed E-state index contributed by atoms with van der Waals surface area (Å²) in [6.07, 6.45) is 12.1. The third-order valence-electron chi connectivity index (χ3n) is 16.5. The summed E-state index contributed by atoms with van der Waals surface area (Å²) in [5, 5.41) is 0. The molecule has 9 heterocycles. The quantitative estimate of drug-likeness (QED) is 0.0343. The zero-order chi connectivity index (χ0) is 67.0. The monoisotopic (exact) mass is 1470 g/mol. The van der Waals surface area contributed by atoms with E-state index in [1.54, 1.807) is 0 Å². The Kier molecular flexibility index (Phi) is 29.7. The molecule has 0 bridgehead atoms. The van der Waals surface area contributed by atoms with Gasteiger partial charge in [0, 0.05) is 116 Å². The first-order valence-corrected chi connectivity index (χ1v) is 41.9. The normalized spacial score (nSPS) is 11.9. The van der Waals surface area contributed by atoms with Crippen molar-refractivity contribution < 1.29 is 37.9 Å². The van der Waals surface area contributed by atoms with Crippen LogP contribution in [0.2, 0.25) is 0 Å². The molecule has 0 fully saturated rings. The molecular formula is C78H92N2O8S9. The lowest BCUT2D eigenvalue weighted by Gasteiger charge is -2.06. The maximum Gasteiger partial charge on any atom is 0.114 e. The van der Waals surface area contributed by atoms with Crippen molar-refractivity contribution in [2.45, 2.75) is 119 Å². The minimum Gasteiger partial charge on any atom is -0.379 e. The van der Waals surface area contributed by atoms with Gasteiger partial charge in [0.15, 0.2) is 0 Å². The lowest BCUT2D eigenvalue weighted by atomic mass is 10.0. The largest absolute Gasteiger partial charge is 0.379 e. The maximum absolute atomic E-state index is 6.27. The number of ether oxygens (including phenoxy) is 8. The van der Waals surface area contributed by atoms with Crippen molar-refractivity contribution in [1.29, 1.82) is 0 Å². The number of aromatic nitrogens is 2. The number of thiophene rings is 8. The highest BCUT2D eigenvalue weighted by molar-refractivity contribution is 7.30. The van der Waals surface area contributed by atoms with E-state index in [9.17, 15) is 0 Å². The van der Waals surface area contributed by atoms with Crippen molar-refractivity contribution in [1.82, 2.24) is 8.75 Å². The van der Waals surface area contributed by atoms with E-state index in [2.05, 4.69) is 151 Å². The van der Waals surface area contributed by atoms with Gasteiger partial charge in [-0.15, -0.1) is 90.7 Å². The van der Waals surface area contributed by atoms with Gasteiger partial charge >= 0.3 is 0 Å². The molecule has 0 aliphatic heterocycles. The molecule has 0 radical (unpaired) electrons. The molecule has 516 valence electrons. The number of nitrogens with zero attached hydrogens (tertiary/aromatic N) is 2. The number of fused-ring (bicyclic) bond motifs is 1. The van der Waals surface area contributed by atoms with Crippen molar-refractivity contribution >= 4 is 113 Å². The molecule has 0 aliphatic carbocycles. The van der Waals surface area contributed by atoms with Crippen LogP contribution in [0.5, 0.6) is 0 Å². The van der Waals surface area contributed by atoms with Gasteiger partial charge in [0.25, 0.3) is 0 Å². The Morgan fingerprint density at radius 2 is 0.608 bits per heavy atom. The molecule has 0 spiro atoms. The molecule has 0 unspecified atom stereocenters. The summed E-state index contributed by atoms with van der Waals surface area (Å²) < 4.78 is 58.1. The highest BCUT2D eigenvalue weighted by atomic mass is 32.1. The van der Waals surface area contributed by atoms with Crippen molar-refractivity contribution in [3.63, 3.8) is 0 Å². The van der Waals surface area contributed by atoms with E-state index < -0.39 is 0 Å². The molecule has 0 atom stereocenters. The van der Waals surface area contributed by atoms with E-state index in [4.69, 9.17) is 46.6 Å². The van der Waals surface area contributed by atoms with Gasteiger partial charge in [0.2, 0.25) is 0 Å². The summed E-state index contributed by atoms with van der Waals surface area (Å²) in [4.78, 5) is 20.4. The second-order valence-corrected chi connectivity index (χ2v) is 33.3. The number of unbranched alkanes of at least 4 members (excludes halogenated alkanes) is 4. The van der Waals surface area contributed by atoms with Gasteiger partial charge in [0.05, 0.1) is 91.0 Å². The van der Waals surface area contributed by atoms with Crippen LogP contribution >= 0.6 is 102 Å². The first kappa shape index (κ1) is 73.8.